The van der Waals surface area contributed by atoms with Gasteiger partial charge in [0.2, 0.25) is 0 Å². The lowest BCUT2D eigenvalue weighted by Crippen LogP contribution is -2.39. The van der Waals surface area contributed by atoms with Crippen LogP contribution in [0.15, 0.2) is 29.3 Å². The van der Waals surface area contributed by atoms with Crippen molar-refractivity contribution >= 4 is 5.96 Å². The predicted octanol–water partition coefficient (Wildman–Crippen LogP) is 3.24. The van der Waals surface area contributed by atoms with Gasteiger partial charge in [0, 0.05) is 18.5 Å². The molecule has 4 heteroatoms. The first-order valence-corrected chi connectivity index (χ1v) is 8.34. The Morgan fingerprint density at radius 2 is 2.09 bits per heavy atom. The molecule has 3 N–H and O–H groups in total. The Labute approximate surface area is 133 Å². The van der Waals surface area contributed by atoms with Gasteiger partial charge in [-0.1, -0.05) is 38.5 Å². The molecule has 1 aliphatic heterocycles. The molecule has 1 aromatic rings. The molecule has 1 unspecified atom stereocenters. The Morgan fingerprint density at radius 3 is 2.82 bits per heavy atom. The number of ether oxygens (including phenoxy) is 1. The molecule has 1 aliphatic carbocycles. The first-order chi connectivity index (χ1) is 10.6. The monoisotopic (exact) mass is 301 g/mol. The second-order valence-electron chi connectivity index (χ2n) is 7.19. The molecule has 4 nitrogen and oxygen atoms in total. The highest BCUT2D eigenvalue weighted by atomic mass is 16.5. The van der Waals surface area contributed by atoms with Crippen molar-refractivity contribution in [3.05, 3.63) is 29.8 Å². The van der Waals surface area contributed by atoms with E-state index in [2.05, 4.69) is 30.2 Å². The summed E-state index contributed by atoms with van der Waals surface area (Å²) in [4.78, 5) is 4.61. The molecule has 1 atom stereocenters. The fourth-order valence-electron chi connectivity index (χ4n) is 3.32. The van der Waals surface area contributed by atoms with E-state index in [9.17, 15) is 0 Å². The van der Waals surface area contributed by atoms with Crippen LogP contribution in [-0.4, -0.2) is 19.1 Å². The number of rotatable bonds is 4. The second kappa shape index (κ2) is 6.19. The smallest absolute Gasteiger partial charge is 0.189 e. The van der Waals surface area contributed by atoms with E-state index in [0.29, 0.717) is 5.96 Å². The molecule has 1 saturated carbocycles. The number of nitrogens with one attached hydrogen (secondary N) is 1. The van der Waals surface area contributed by atoms with Crippen LogP contribution in [0.2, 0.25) is 0 Å². The highest BCUT2D eigenvalue weighted by molar-refractivity contribution is 5.78. The third kappa shape index (κ3) is 3.21. The molecule has 3 rings (SSSR count). The number of aliphatic imine (C=N–C) groups is 1. The predicted molar refractivity (Wildman–Crippen MR) is 90.0 cm³/mol. The summed E-state index contributed by atoms with van der Waals surface area (Å²) < 4.78 is 5.68. The standard InChI is InChI=1S/C18H27N3O/c1-18(2,13-6-5-7-13)12-20-17(19)21-15-10-11-22-16-9-4-3-8-14(15)16/h3-4,8-9,13,15H,5-7,10-12H2,1-2H3,(H3,19,20,21). The average Bonchev–Trinajstić information content (AvgIpc) is 2.43. The molecule has 0 bridgehead atoms. The van der Waals surface area contributed by atoms with Gasteiger partial charge in [0.15, 0.2) is 5.96 Å². The molecule has 1 aromatic carbocycles. The van der Waals surface area contributed by atoms with Gasteiger partial charge in [0.25, 0.3) is 0 Å². The van der Waals surface area contributed by atoms with Crippen LogP contribution in [0.25, 0.3) is 0 Å². The van der Waals surface area contributed by atoms with Gasteiger partial charge < -0.3 is 15.8 Å². The van der Waals surface area contributed by atoms with Gasteiger partial charge >= 0.3 is 0 Å². The van der Waals surface area contributed by atoms with Crippen molar-refractivity contribution in [2.75, 3.05) is 13.2 Å². The zero-order valence-electron chi connectivity index (χ0n) is 13.6. The van der Waals surface area contributed by atoms with E-state index < -0.39 is 0 Å². The number of fused-ring (bicyclic) bond motifs is 1. The van der Waals surface area contributed by atoms with Gasteiger partial charge in [-0.2, -0.15) is 0 Å². The van der Waals surface area contributed by atoms with Crippen molar-refractivity contribution in [2.24, 2.45) is 22.1 Å². The number of hydrogen-bond donors (Lipinski definition) is 2. The van der Waals surface area contributed by atoms with Crippen molar-refractivity contribution in [3.8, 4) is 5.75 Å². The van der Waals surface area contributed by atoms with E-state index >= 15 is 0 Å². The summed E-state index contributed by atoms with van der Waals surface area (Å²) in [6.45, 7) is 6.12. The minimum absolute atomic E-state index is 0.195. The molecule has 120 valence electrons. The average molecular weight is 301 g/mol. The molecule has 1 heterocycles. The van der Waals surface area contributed by atoms with Gasteiger partial charge in [-0.3, -0.25) is 4.99 Å². The Hall–Kier alpha value is -1.71. The summed E-state index contributed by atoms with van der Waals surface area (Å²) in [7, 11) is 0. The van der Waals surface area contributed by atoms with Crippen molar-refractivity contribution in [1.82, 2.24) is 5.32 Å². The highest BCUT2D eigenvalue weighted by Gasteiger charge is 2.33. The summed E-state index contributed by atoms with van der Waals surface area (Å²) in [6.07, 6.45) is 4.95. The molecule has 0 radical (unpaired) electrons. The summed E-state index contributed by atoms with van der Waals surface area (Å²) in [5, 5.41) is 3.37. The van der Waals surface area contributed by atoms with Crippen molar-refractivity contribution in [3.63, 3.8) is 0 Å². The lowest BCUT2D eigenvalue weighted by Gasteiger charge is -2.39. The fraction of sp³-hybridized carbons (Fsp3) is 0.611. The first-order valence-electron chi connectivity index (χ1n) is 8.34. The molecule has 0 amide bonds. The SMILES string of the molecule is CC(C)(CN=C(N)NC1CCOc2ccccc21)C1CCC1. The minimum Gasteiger partial charge on any atom is -0.493 e. The van der Waals surface area contributed by atoms with Gasteiger partial charge in [-0.05, 0) is 30.2 Å². The quantitative estimate of drug-likeness (QED) is 0.663. The lowest BCUT2D eigenvalue weighted by molar-refractivity contribution is 0.130. The summed E-state index contributed by atoms with van der Waals surface area (Å²) in [5.41, 5.74) is 7.55. The number of nitrogens with zero attached hydrogens (tertiary/aromatic N) is 1. The van der Waals surface area contributed by atoms with E-state index in [1.165, 1.54) is 24.8 Å². The third-order valence-electron chi connectivity index (χ3n) is 5.15. The third-order valence-corrected chi connectivity index (χ3v) is 5.15. The number of guanidine groups is 1. The normalized spacial score (nSPS) is 22.5. The van der Waals surface area contributed by atoms with E-state index in [1.807, 2.05) is 18.2 Å². The number of nitrogens with two attached hydrogens (primary N) is 1. The van der Waals surface area contributed by atoms with Crippen LogP contribution < -0.4 is 15.8 Å². The van der Waals surface area contributed by atoms with E-state index in [0.717, 1.165) is 31.2 Å². The molecule has 0 saturated heterocycles. The molecule has 0 aromatic heterocycles. The zero-order valence-corrected chi connectivity index (χ0v) is 13.6. The molecular formula is C18H27N3O. The Kier molecular flexibility index (Phi) is 4.27. The van der Waals surface area contributed by atoms with Gasteiger partial charge in [-0.15, -0.1) is 0 Å². The van der Waals surface area contributed by atoms with Crippen LogP contribution in [0.5, 0.6) is 5.75 Å². The van der Waals surface area contributed by atoms with E-state index in [1.54, 1.807) is 0 Å². The Bertz CT molecular complexity index is 549. The second-order valence-corrected chi connectivity index (χ2v) is 7.19. The van der Waals surface area contributed by atoms with Gasteiger partial charge in [-0.25, -0.2) is 0 Å². The van der Waals surface area contributed by atoms with Crippen LogP contribution in [0.1, 0.15) is 51.1 Å². The lowest BCUT2D eigenvalue weighted by atomic mass is 9.67. The first kappa shape index (κ1) is 15.2. The fourth-order valence-corrected chi connectivity index (χ4v) is 3.32. The topological polar surface area (TPSA) is 59.6 Å². The summed E-state index contributed by atoms with van der Waals surface area (Å²) in [5.74, 6) is 2.30. The van der Waals surface area contributed by atoms with Crippen LogP contribution in [0, 0.1) is 11.3 Å². The Morgan fingerprint density at radius 1 is 1.32 bits per heavy atom. The van der Waals surface area contributed by atoms with Crippen molar-refractivity contribution in [2.45, 2.75) is 45.6 Å². The van der Waals surface area contributed by atoms with E-state index in [-0.39, 0.29) is 11.5 Å². The maximum absolute atomic E-state index is 6.13. The van der Waals surface area contributed by atoms with Gasteiger partial charge in [0.05, 0.1) is 12.6 Å². The summed E-state index contributed by atoms with van der Waals surface area (Å²) >= 11 is 0. The van der Waals surface area contributed by atoms with Gasteiger partial charge in [0.1, 0.15) is 5.75 Å². The van der Waals surface area contributed by atoms with Crippen LogP contribution in [-0.2, 0) is 0 Å². The van der Waals surface area contributed by atoms with Crippen molar-refractivity contribution < 1.29 is 4.74 Å². The maximum Gasteiger partial charge on any atom is 0.189 e. The largest absolute Gasteiger partial charge is 0.493 e. The van der Waals surface area contributed by atoms with Crippen molar-refractivity contribution in [1.29, 1.82) is 0 Å². The molecule has 2 aliphatic rings. The van der Waals surface area contributed by atoms with E-state index in [4.69, 9.17) is 10.5 Å². The maximum atomic E-state index is 6.13. The number of benzene rings is 1. The molecule has 1 fully saturated rings. The summed E-state index contributed by atoms with van der Waals surface area (Å²) in [6, 6.07) is 8.34. The number of para-hydroxylation sites is 1. The minimum atomic E-state index is 0.195. The zero-order chi connectivity index (χ0) is 15.6. The Balaban J connectivity index is 1.62. The van der Waals surface area contributed by atoms with Crippen LogP contribution >= 0.6 is 0 Å². The molecular weight excluding hydrogens is 274 g/mol. The van der Waals surface area contributed by atoms with Crippen LogP contribution in [0.3, 0.4) is 0 Å². The molecule has 0 spiro atoms. The van der Waals surface area contributed by atoms with Crippen LogP contribution in [0.4, 0.5) is 0 Å². The number of hydrogen-bond acceptors (Lipinski definition) is 2. The highest BCUT2D eigenvalue weighted by Crippen LogP contribution is 2.41. The molecule has 22 heavy (non-hydrogen) atoms.